The Balaban J connectivity index is 0.000000180. The van der Waals surface area contributed by atoms with Crippen molar-refractivity contribution in [3.05, 3.63) is 60.4 Å². The highest BCUT2D eigenvalue weighted by Gasteiger charge is 1.86. The first kappa shape index (κ1) is 13.7. The number of hydrogen-bond acceptors (Lipinski definition) is 2. The van der Waals surface area contributed by atoms with E-state index in [2.05, 4.69) is 10.6 Å². The van der Waals surface area contributed by atoms with Crippen LogP contribution in [0, 0.1) is 5.82 Å². The van der Waals surface area contributed by atoms with Gasteiger partial charge in [-0.05, 0) is 36.4 Å². The van der Waals surface area contributed by atoms with Gasteiger partial charge in [0, 0.05) is 18.4 Å². The van der Waals surface area contributed by atoms with Crippen LogP contribution in [0.1, 0.15) is 0 Å². The molecule has 0 aliphatic heterocycles. The summed E-state index contributed by atoms with van der Waals surface area (Å²) in [4.78, 5) is 9.86. The second-order valence-corrected chi connectivity index (χ2v) is 3.39. The Morgan fingerprint density at radius 3 is 2.06 bits per heavy atom. The molecule has 2 N–H and O–H groups in total. The third-order valence-electron chi connectivity index (χ3n) is 2.13. The molecule has 0 saturated heterocycles. The SMILES string of the molecule is CNc1ccc(F)cc1.O=CNc1ccccc1. The van der Waals surface area contributed by atoms with Crippen molar-refractivity contribution in [3.63, 3.8) is 0 Å². The van der Waals surface area contributed by atoms with Gasteiger partial charge < -0.3 is 10.6 Å². The second-order valence-electron chi connectivity index (χ2n) is 3.39. The smallest absolute Gasteiger partial charge is 0.211 e. The molecular weight excluding hydrogens is 231 g/mol. The first-order valence-electron chi connectivity index (χ1n) is 5.45. The highest BCUT2D eigenvalue weighted by molar-refractivity contribution is 5.70. The molecule has 0 unspecified atom stereocenters. The van der Waals surface area contributed by atoms with Gasteiger partial charge in [0.2, 0.25) is 6.41 Å². The van der Waals surface area contributed by atoms with Gasteiger partial charge in [-0.3, -0.25) is 4.79 Å². The van der Waals surface area contributed by atoms with Gasteiger partial charge in [-0.1, -0.05) is 18.2 Å². The number of halogens is 1. The lowest BCUT2D eigenvalue weighted by molar-refractivity contribution is -0.105. The molecule has 1 amide bonds. The molecule has 0 bridgehead atoms. The lowest BCUT2D eigenvalue weighted by atomic mass is 10.3. The molecule has 2 rings (SSSR count). The van der Waals surface area contributed by atoms with E-state index in [0.717, 1.165) is 11.4 Å². The Labute approximate surface area is 106 Å². The van der Waals surface area contributed by atoms with Crippen molar-refractivity contribution in [1.82, 2.24) is 0 Å². The van der Waals surface area contributed by atoms with E-state index in [1.807, 2.05) is 30.3 Å². The number of hydrogen-bond donors (Lipinski definition) is 2. The van der Waals surface area contributed by atoms with Crippen LogP contribution in [-0.4, -0.2) is 13.5 Å². The minimum atomic E-state index is -0.200. The van der Waals surface area contributed by atoms with Gasteiger partial charge in [-0.2, -0.15) is 0 Å². The van der Waals surface area contributed by atoms with Gasteiger partial charge in [-0.25, -0.2) is 4.39 Å². The molecule has 0 spiro atoms. The van der Waals surface area contributed by atoms with Crippen LogP contribution < -0.4 is 10.6 Å². The predicted octanol–water partition coefficient (Wildman–Crippen LogP) is 3.12. The summed E-state index contributed by atoms with van der Waals surface area (Å²) in [6.45, 7) is 0. The fourth-order valence-electron chi connectivity index (χ4n) is 1.22. The zero-order chi connectivity index (χ0) is 13.2. The molecule has 94 valence electrons. The molecule has 0 radical (unpaired) electrons. The van der Waals surface area contributed by atoms with Crippen LogP contribution in [0.5, 0.6) is 0 Å². The van der Waals surface area contributed by atoms with Gasteiger partial charge in [0.05, 0.1) is 0 Å². The average molecular weight is 246 g/mol. The van der Waals surface area contributed by atoms with Crippen LogP contribution in [0.3, 0.4) is 0 Å². The molecule has 0 saturated carbocycles. The Kier molecular flexibility index (Phi) is 5.97. The minimum Gasteiger partial charge on any atom is -0.388 e. The largest absolute Gasteiger partial charge is 0.388 e. The van der Waals surface area contributed by atoms with Crippen molar-refractivity contribution in [2.75, 3.05) is 17.7 Å². The van der Waals surface area contributed by atoms with E-state index in [-0.39, 0.29) is 5.82 Å². The summed E-state index contributed by atoms with van der Waals surface area (Å²) < 4.78 is 12.2. The standard InChI is InChI=1S/C7H8FN.C7H7NO/c1-9-7-4-2-6(8)3-5-7;9-6-8-7-4-2-1-3-5-7/h2-5,9H,1H3;1-6H,(H,8,9). The summed E-state index contributed by atoms with van der Waals surface area (Å²) in [5.74, 6) is -0.200. The molecule has 0 heterocycles. The van der Waals surface area contributed by atoms with Crippen molar-refractivity contribution >= 4 is 17.8 Å². The molecule has 18 heavy (non-hydrogen) atoms. The van der Waals surface area contributed by atoms with Gasteiger partial charge in [0.15, 0.2) is 0 Å². The molecule has 2 aromatic rings. The molecule has 0 aromatic heterocycles. The first-order chi connectivity index (χ1) is 8.76. The second kappa shape index (κ2) is 7.84. The lowest BCUT2D eigenvalue weighted by Gasteiger charge is -1.95. The van der Waals surface area contributed by atoms with Crippen LogP contribution in [0.4, 0.5) is 15.8 Å². The maximum Gasteiger partial charge on any atom is 0.211 e. The summed E-state index contributed by atoms with van der Waals surface area (Å²) in [6, 6.07) is 15.5. The molecular formula is C14H15FN2O. The number of para-hydroxylation sites is 1. The quantitative estimate of drug-likeness (QED) is 0.817. The normalized spacial score (nSPS) is 8.78. The van der Waals surface area contributed by atoms with Gasteiger partial charge in [0.25, 0.3) is 0 Å². The molecule has 2 aromatic carbocycles. The number of carbonyl (C=O) groups excluding carboxylic acids is 1. The van der Waals surface area contributed by atoms with E-state index < -0.39 is 0 Å². The lowest BCUT2D eigenvalue weighted by Crippen LogP contribution is -1.91. The molecule has 3 nitrogen and oxygen atoms in total. The van der Waals surface area contributed by atoms with E-state index in [4.69, 9.17) is 0 Å². The topological polar surface area (TPSA) is 41.1 Å². The predicted molar refractivity (Wildman–Crippen MR) is 72.1 cm³/mol. The van der Waals surface area contributed by atoms with Crippen LogP contribution in [0.15, 0.2) is 54.6 Å². The molecule has 0 fully saturated rings. The maximum atomic E-state index is 12.2. The van der Waals surface area contributed by atoms with E-state index in [1.165, 1.54) is 12.1 Å². The van der Waals surface area contributed by atoms with Crippen LogP contribution in [0.25, 0.3) is 0 Å². The number of benzene rings is 2. The van der Waals surface area contributed by atoms with E-state index in [1.54, 1.807) is 19.2 Å². The molecule has 0 aliphatic carbocycles. The number of nitrogens with one attached hydrogen (secondary N) is 2. The van der Waals surface area contributed by atoms with Crippen molar-refractivity contribution < 1.29 is 9.18 Å². The zero-order valence-electron chi connectivity index (χ0n) is 10.1. The van der Waals surface area contributed by atoms with E-state index in [9.17, 15) is 9.18 Å². The molecule has 0 atom stereocenters. The van der Waals surface area contributed by atoms with Gasteiger partial charge in [0.1, 0.15) is 5.82 Å². The first-order valence-corrected chi connectivity index (χ1v) is 5.45. The monoisotopic (exact) mass is 246 g/mol. The number of rotatable bonds is 3. The van der Waals surface area contributed by atoms with Crippen LogP contribution in [-0.2, 0) is 4.79 Å². The van der Waals surface area contributed by atoms with Crippen LogP contribution in [0.2, 0.25) is 0 Å². The average Bonchev–Trinajstić information content (AvgIpc) is 2.42. The minimum absolute atomic E-state index is 0.200. The third-order valence-corrected chi connectivity index (χ3v) is 2.13. The molecule has 0 aliphatic rings. The van der Waals surface area contributed by atoms with Crippen molar-refractivity contribution in [3.8, 4) is 0 Å². The Morgan fingerprint density at radius 2 is 1.56 bits per heavy atom. The Hall–Kier alpha value is -2.36. The third kappa shape index (κ3) is 5.12. The summed E-state index contributed by atoms with van der Waals surface area (Å²) in [5.41, 5.74) is 1.75. The highest BCUT2D eigenvalue weighted by atomic mass is 19.1. The van der Waals surface area contributed by atoms with E-state index in [0.29, 0.717) is 6.41 Å². The summed E-state index contributed by atoms with van der Waals surface area (Å²) in [7, 11) is 1.80. The van der Waals surface area contributed by atoms with E-state index >= 15 is 0 Å². The Bertz CT molecular complexity index is 457. The Morgan fingerprint density at radius 1 is 0.944 bits per heavy atom. The van der Waals surface area contributed by atoms with Crippen molar-refractivity contribution in [2.24, 2.45) is 0 Å². The summed E-state index contributed by atoms with van der Waals surface area (Å²) in [5, 5.41) is 5.41. The fourth-order valence-corrected chi connectivity index (χ4v) is 1.22. The van der Waals surface area contributed by atoms with Gasteiger partial charge in [-0.15, -0.1) is 0 Å². The summed E-state index contributed by atoms with van der Waals surface area (Å²) in [6.07, 6.45) is 0.662. The zero-order valence-corrected chi connectivity index (χ0v) is 10.1. The fraction of sp³-hybridized carbons (Fsp3) is 0.0714. The van der Waals surface area contributed by atoms with Crippen molar-refractivity contribution in [1.29, 1.82) is 0 Å². The van der Waals surface area contributed by atoms with Gasteiger partial charge >= 0.3 is 0 Å². The highest BCUT2D eigenvalue weighted by Crippen LogP contribution is 2.05. The summed E-state index contributed by atoms with van der Waals surface area (Å²) >= 11 is 0. The number of carbonyl (C=O) groups is 1. The molecule has 4 heteroatoms. The number of amides is 1. The maximum absolute atomic E-state index is 12.2. The number of anilines is 2. The van der Waals surface area contributed by atoms with Crippen molar-refractivity contribution in [2.45, 2.75) is 0 Å². The van der Waals surface area contributed by atoms with Crippen LogP contribution >= 0.6 is 0 Å².